The Morgan fingerprint density at radius 2 is 1.96 bits per heavy atom. The van der Waals surface area contributed by atoms with E-state index in [1.807, 2.05) is 0 Å². The average Bonchev–Trinajstić information content (AvgIpc) is 2.87. The molecule has 2 heterocycles. The summed E-state index contributed by atoms with van der Waals surface area (Å²) in [4.78, 5) is 25.4. The van der Waals surface area contributed by atoms with Crippen LogP contribution in [0.4, 0.5) is 5.82 Å². The molecule has 1 atom stereocenters. The van der Waals surface area contributed by atoms with Crippen LogP contribution in [0.3, 0.4) is 0 Å². The van der Waals surface area contributed by atoms with E-state index in [9.17, 15) is 14.7 Å². The Bertz CT molecular complexity index is 984. The Kier molecular flexibility index (Phi) is 3.47. The number of rotatable bonds is 1. The monoisotopic (exact) mass is 403 g/mol. The summed E-state index contributed by atoms with van der Waals surface area (Å²) in [5, 5.41) is 19.1. The lowest BCUT2D eigenvalue weighted by Crippen LogP contribution is -2.35. The molecule has 1 aliphatic heterocycles. The molecule has 0 amide bonds. The quantitative estimate of drug-likeness (QED) is 0.586. The Balaban J connectivity index is 2.00. The van der Waals surface area contributed by atoms with Gasteiger partial charge in [0, 0.05) is 27.7 Å². The number of phenolic OH excluding ortho intramolecular Hbond substituents is 1. The lowest BCUT2D eigenvalue weighted by Gasteiger charge is -2.38. The van der Waals surface area contributed by atoms with Gasteiger partial charge in [-0.25, -0.2) is 0 Å². The maximum Gasteiger partial charge on any atom is 0.270 e. The second kappa shape index (κ2) is 5.36. The average molecular weight is 404 g/mol. The van der Waals surface area contributed by atoms with Gasteiger partial charge >= 0.3 is 0 Å². The summed E-state index contributed by atoms with van der Waals surface area (Å²) >= 11 is 3.41. The molecule has 0 radical (unpaired) electrons. The van der Waals surface area contributed by atoms with Crippen LogP contribution in [0.1, 0.15) is 43.7 Å². The molecule has 4 N–H and O–H groups in total. The Morgan fingerprint density at radius 3 is 2.72 bits per heavy atom. The molecule has 1 aliphatic carbocycles. The van der Waals surface area contributed by atoms with E-state index in [0.717, 1.165) is 10.2 Å². The number of phenols is 1. The number of aromatic hydroxyl groups is 1. The van der Waals surface area contributed by atoms with Gasteiger partial charge in [-0.05, 0) is 30.0 Å². The molecule has 0 bridgehead atoms. The van der Waals surface area contributed by atoms with Gasteiger partial charge in [-0.3, -0.25) is 19.8 Å². The van der Waals surface area contributed by atoms with Crippen molar-refractivity contribution in [2.24, 2.45) is 5.41 Å². The van der Waals surface area contributed by atoms with Crippen molar-refractivity contribution in [3.8, 4) is 5.75 Å². The maximum atomic E-state index is 13.0. The third-order valence-corrected chi connectivity index (χ3v) is 5.38. The van der Waals surface area contributed by atoms with Crippen molar-refractivity contribution in [2.45, 2.75) is 32.6 Å². The number of carbonyl (C=O) groups is 1. The Morgan fingerprint density at radius 1 is 1.20 bits per heavy atom. The fourth-order valence-electron chi connectivity index (χ4n) is 3.89. The predicted molar refractivity (Wildman–Crippen MR) is 97.7 cm³/mol. The summed E-state index contributed by atoms with van der Waals surface area (Å²) in [5.41, 5.74) is 1.92. The van der Waals surface area contributed by atoms with Gasteiger partial charge in [-0.2, -0.15) is 0 Å². The van der Waals surface area contributed by atoms with E-state index >= 15 is 0 Å². The smallest absolute Gasteiger partial charge is 0.270 e. The molecule has 25 heavy (non-hydrogen) atoms. The summed E-state index contributed by atoms with van der Waals surface area (Å²) < 4.78 is 0.776. The van der Waals surface area contributed by atoms with E-state index < -0.39 is 5.92 Å². The number of halogens is 1. The summed E-state index contributed by atoms with van der Waals surface area (Å²) in [6.45, 7) is 4.11. The highest BCUT2D eigenvalue weighted by Crippen LogP contribution is 2.49. The number of ketones is 1. The van der Waals surface area contributed by atoms with Gasteiger partial charge in [-0.15, -0.1) is 0 Å². The molecule has 0 fully saturated rings. The third-order valence-electron chi connectivity index (χ3n) is 4.89. The SMILES string of the molecule is CC1(C)CC(=O)C2=C(C1)Nc1[nH][nH]c(=O)c1[C@H]2c1cc(Br)ccc1O. The van der Waals surface area contributed by atoms with Crippen molar-refractivity contribution in [2.75, 3.05) is 5.32 Å². The molecule has 130 valence electrons. The summed E-state index contributed by atoms with van der Waals surface area (Å²) in [6.07, 6.45) is 1.11. The van der Waals surface area contributed by atoms with Crippen LogP contribution in [0.5, 0.6) is 5.75 Å². The Labute approximate surface area is 152 Å². The minimum absolute atomic E-state index is 0.00868. The highest BCUT2D eigenvalue weighted by molar-refractivity contribution is 9.10. The second-order valence-corrected chi connectivity index (χ2v) is 8.38. The normalized spacial score (nSPS) is 21.6. The fourth-order valence-corrected chi connectivity index (χ4v) is 4.26. The summed E-state index contributed by atoms with van der Waals surface area (Å²) in [5.74, 6) is 0.0292. The molecule has 7 heteroatoms. The van der Waals surface area contributed by atoms with Crippen molar-refractivity contribution in [1.29, 1.82) is 0 Å². The standard InChI is InChI=1S/C18H18BrN3O3/c1-18(2)6-10-14(12(24)7-18)13(9-5-8(19)3-4-11(9)23)15-16(20-10)21-22-17(15)25/h3-5,13,23H,6-7H2,1-2H3,(H3,20,21,22,25)/t13-/m0/s1. The first-order valence-corrected chi connectivity index (χ1v) is 8.88. The van der Waals surface area contributed by atoms with Crippen molar-refractivity contribution in [3.63, 3.8) is 0 Å². The molecule has 4 rings (SSSR count). The van der Waals surface area contributed by atoms with E-state index in [-0.39, 0.29) is 22.5 Å². The van der Waals surface area contributed by atoms with Gasteiger partial charge in [0.2, 0.25) is 0 Å². The number of hydrogen-bond donors (Lipinski definition) is 4. The van der Waals surface area contributed by atoms with E-state index in [1.165, 1.54) is 0 Å². The van der Waals surface area contributed by atoms with Crippen LogP contribution in [0.25, 0.3) is 0 Å². The number of hydrogen-bond acceptors (Lipinski definition) is 4. The number of carbonyl (C=O) groups excluding carboxylic acids is 1. The number of aromatic amines is 2. The molecule has 2 aromatic rings. The van der Waals surface area contributed by atoms with E-state index in [2.05, 4.69) is 45.3 Å². The number of allylic oxidation sites excluding steroid dienone is 2. The van der Waals surface area contributed by atoms with Gasteiger partial charge < -0.3 is 10.4 Å². The number of H-pyrrole nitrogens is 2. The number of aromatic nitrogens is 2. The molecule has 2 aliphatic rings. The minimum atomic E-state index is -0.595. The van der Waals surface area contributed by atoms with Crippen LogP contribution >= 0.6 is 15.9 Å². The van der Waals surface area contributed by atoms with Crippen molar-refractivity contribution < 1.29 is 9.90 Å². The zero-order chi connectivity index (χ0) is 17.9. The topological polar surface area (TPSA) is 98.0 Å². The second-order valence-electron chi connectivity index (χ2n) is 7.46. The van der Waals surface area contributed by atoms with Crippen molar-refractivity contribution in [3.05, 3.63) is 55.4 Å². The molecular weight excluding hydrogens is 386 g/mol. The van der Waals surface area contributed by atoms with Crippen LogP contribution in [0.2, 0.25) is 0 Å². The van der Waals surface area contributed by atoms with E-state index in [0.29, 0.717) is 35.4 Å². The zero-order valence-corrected chi connectivity index (χ0v) is 15.5. The van der Waals surface area contributed by atoms with Crippen molar-refractivity contribution in [1.82, 2.24) is 10.2 Å². The zero-order valence-electron chi connectivity index (χ0n) is 13.9. The molecular formula is C18H18BrN3O3. The summed E-state index contributed by atoms with van der Waals surface area (Å²) in [7, 11) is 0. The predicted octanol–water partition coefficient (Wildman–Crippen LogP) is 3.37. The minimum Gasteiger partial charge on any atom is -0.508 e. The molecule has 0 saturated carbocycles. The molecule has 6 nitrogen and oxygen atoms in total. The first kappa shape index (κ1) is 16.2. The first-order valence-electron chi connectivity index (χ1n) is 8.09. The van der Waals surface area contributed by atoms with Crippen LogP contribution in [0.15, 0.2) is 38.7 Å². The van der Waals surface area contributed by atoms with Gasteiger partial charge in [0.05, 0.1) is 11.5 Å². The van der Waals surface area contributed by atoms with Crippen LogP contribution in [-0.4, -0.2) is 21.1 Å². The molecule has 1 aromatic carbocycles. The fraction of sp³-hybridized carbons (Fsp3) is 0.333. The van der Waals surface area contributed by atoms with Crippen LogP contribution in [-0.2, 0) is 4.79 Å². The van der Waals surface area contributed by atoms with Gasteiger partial charge in [0.15, 0.2) is 5.78 Å². The summed E-state index contributed by atoms with van der Waals surface area (Å²) in [6, 6.07) is 5.06. The lowest BCUT2D eigenvalue weighted by atomic mass is 9.69. The van der Waals surface area contributed by atoms with Crippen LogP contribution < -0.4 is 10.9 Å². The van der Waals surface area contributed by atoms with Gasteiger partial charge in [-0.1, -0.05) is 29.8 Å². The highest BCUT2D eigenvalue weighted by Gasteiger charge is 2.43. The largest absolute Gasteiger partial charge is 0.508 e. The van der Waals surface area contributed by atoms with E-state index in [4.69, 9.17) is 0 Å². The van der Waals surface area contributed by atoms with Gasteiger partial charge in [0.25, 0.3) is 5.56 Å². The highest BCUT2D eigenvalue weighted by atomic mass is 79.9. The number of Topliss-reactive ketones (excluding diaryl/α,β-unsaturated/α-hetero) is 1. The van der Waals surface area contributed by atoms with E-state index in [1.54, 1.807) is 18.2 Å². The lowest BCUT2D eigenvalue weighted by molar-refractivity contribution is -0.118. The number of fused-ring (bicyclic) bond motifs is 1. The third kappa shape index (κ3) is 2.54. The first-order chi connectivity index (χ1) is 11.8. The molecule has 0 saturated heterocycles. The number of nitrogens with one attached hydrogen (secondary N) is 3. The van der Waals surface area contributed by atoms with Crippen LogP contribution in [0, 0.1) is 5.41 Å². The number of anilines is 1. The van der Waals surface area contributed by atoms with Gasteiger partial charge in [0.1, 0.15) is 11.6 Å². The number of benzene rings is 1. The van der Waals surface area contributed by atoms with Crippen molar-refractivity contribution >= 4 is 27.5 Å². The molecule has 0 unspecified atom stereocenters. The molecule has 0 spiro atoms. The Hall–Kier alpha value is -2.28. The molecule has 1 aromatic heterocycles. The maximum absolute atomic E-state index is 13.0.